The van der Waals surface area contributed by atoms with E-state index in [-0.39, 0.29) is 0 Å². The third kappa shape index (κ3) is 2.10. The lowest BCUT2D eigenvalue weighted by atomic mass is 10.6. The zero-order chi connectivity index (χ0) is 8.48. The number of thiol groups is 1. The monoisotopic (exact) mass is 199 g/mol. The van der Waals surface area contributed by atoms with Crippen LogP contribution < -0.4 is 0 Å². The van der Waals surface area contributed by atoms with Gasteiger partial charge in [-0.1, -0.05) is 0 Å². The first kappa shape index (κ1) is 8.86. The predicted molar refractivity (Wildman–Crippen MR) is 39.8 cm³/mol. The van der Waals surface area contributed by atoms with Crippen molar-refractivity contribution < 1.29 is 13.2 Å². The molecular formula is C5H4F3NS2. The Labute approximate surface area is 70.7 Å². The number of aromatic nitrogens is 1. The van der Waals surface area contributed by atoms with Gasteiger partial charge in [-0.25, -0.2) is 4.98 Å². The van der Waals surface area contributed by atoms with E-state index in [0.29, 0.717) is 22.0 Å². The minimum Gasteiger partial charge on any atom is -0.240 e. The van der Waals surface area contributed by atoms with Crippen LogP contribution in [0.5, 0.6) is 0 Å². The van der Waals surface area contributed by atoms with Crippen LogP contribution in [0.4, 0.5) is 13.2 Å². The Morgan fingerprint density at radius 3 is 2.45 bits per heavy atom. The number of halogens is 3. The molecule has 62 valence electrons. The van der Waals surface area contributed by atoms with Crippen LogP contribution in [0.25, 0.3) is 0 Å². The Balaban J connectivity index is 2.89. The summed E-state index contributed by atoms with van der Waals surface area (Å²) in [6, 6.07) is 0. The summed E-state index contributed by atoms with van der Waals surface area (Å²) in [6.07, 6.45) is -3.12. The van der Waals surface area contributed by atoms with E-state index in [0.717, 1.165) is 0 Å². The predicted octanol–water partition coefficient (Wildman–Crippen LogP) is 2.59. The van der Waals surface area contributed by atoms with Gasteiger partial charge < -0.3 is 0 Å². The lowest BCUT2D eigenvalue weighted by molar-refractivity contribution is -0.137. The van der Waals surface area contributed by atoms with Crippen molar-refractivity contribution in [2.75, 3.05) is 0 Å². The quantitative estimate of drug-likeness (QED) is 0.686. The van der Waals surface area contributed by atoms with Gasteiger partial charge in [-0.15, -0.1) is 11.3 Å². The molecule has 1 aromatic rings. The molecule has 1 aromatic heterocycles. The lowest BCUT2D eigenvalue weighted by Gasteiger charge is -1.98. The Kier molecular flexibility index (Phi) is 2.43. The van der Waals surface area contributed by atoms with Crippen molar-refractivity contribution in [1.82, 2.24) is 4.98 Å². The maximum Gasteiger partial charge on any atom is 0.443 e. The molecule has 0 amide bonds. The molecule has 0 aliphatic carbocycles. The number of hydrogen-bond donors (Lipinski definition) is 1. The Hall–Kier alpha value is -0.230. The van der Waals surface area contributed by atoms with E-state index in [4.69, 9.17) is 0 Å². The molecule has 11 heavy (non-hydrogen) atoms. The number of nitrogens with zero attached hydrogens (tertiary/aromatic N) is 1. The minimum atomic E-state index is -4.31. The average Bonchev–Trinajstić information content (AvgIpc) is 2.32. The summed E-state index contributed by atoms with van der Waals surface area (Å²) in [5.74, 6) is 0.299. The maximum atomic E-state index is 11.9. The van der Waals surface area contributed by atoms with Crippen molar-refractivity contribution in [3.63, 3.8) is 0 Å². The van der Waals surface area contributed by atoms with Gasteiger partial charge in [-0.3, -0.25) is 0 Å². The number of alkyl halides is 3. The summed E-state index contributed by atoms with van der Waals surface area (Å²) in [5, 5.41) is -0.804. The molecule has 0 unspecified atom stereocenters. The third-order valence-corrected chi connectivity index (χ3v) is 2.55. The fourth-order valence-corrected chi connectivity index (χ4v) is 1.43. The molecule has 0 spiro atoms. The van der Waals surface area contributed by atoms with Gasteiger partial charge in [0, 0.05) is 16.8 Å². The van der Waals surface area contributed by atoms with Gasteiger partial charge in [0.05, 0.1) is 0 Å². The van der Waals surface area contributed by atoms with Crippen LogP contribution in [0.2, 0.25) is 0 Å². The molecule has 0 saturated carbocycles. The van der Waals surface area contributed by atoms with Crippen LogP contribution in [0, 0.1) is 0 Å². The summed E-state index contributed by atoms with van der Waals surface area (Å²) >= 11 is 4.45. The van der Waals surface area contributed by atoms with E-state index in [1.54, 1.807) is 0 Å². The largest absolute Gasteiger partial charge is 0.443 e. The van der Waals surface area contributed by atoms with Crippen LogP contribution in [-0.4, -0.2) is 4.98 Å². The third-order valence-electron chi connectivity index (χ3n) is 0.952. The normalized spacial score (nSPS) is 12.0. The molecule has 0 radical (unpaired) electrons. The second-order valence-corrected chi connectivity index (χ2v) is 3.22. The zero-order valence-electron chi connectivity index (χ0n) is 5.22. The molecule has 0 atom stereocenters. The highest BCUT2D eigenvalue weighted by Gasteiger charge is 2.34. The molecule has 0 aliphatic rings. The van der Waals surface area contributed by atoms with E-state index >= 15 is 0 Å². The molecule has 1 nitrogen and oxygen atoms in total. The highest BCUT2D eigenvalue weighted by Crippen LogP contribution is 2.32. The standard InChI is InChI=1S/C5H4F3NS2/c6-5(7,8)4-9-1-3(2-10)11-4/h1,10H,2H2. The minimum absolute atomic E-state index is 0.299. The molecular weight excluding hydrogens is 195 g/mol. The van der Waals surface area contributed by atoms with Gasteiger partial charge in [0.25, 0.3) is 0 Å². The molecule has 0 saturated heterocycles. The first-order chi connectivity index (χ1) is 5.04. The number of thiazole rings is 1. The van der Waals surface area contributed by atoms with Crippen molar-refractivity contribution >= 4 is 24.0 Å². The highest BCUT2D eigenvalue weighted by atomic mass is 32.1. The summed E-state index contributed by atoms with van der Waals surface area (Å²) in [6.45, 7) is 0. The second-order valence-electron chi connectivity index (χ2n) is 1.79. The fraction of sp³-hybridized carbons (Fsp3) is 0.400. The zero-order valence-corrected chi connectivity index (χ0v) is 6.93. The van der Waals surface area contributed by atoms with Gasteiger partial charge in [0.15, 0.2) is 5.01 Å². The first-order valence-corrected chi connectivity index (χ1v) is 4.11. The second kappa shape index (κ2) is 3.02. The van der Waals surface area contributed by atoms with Crippen LogP contribution in [-0.2, 0) is 11.9 Å². The van der Waals surface area contributed by atoms with Gasteiger partial charge >= 0.3 is 6.18 Å². The van der Waals surface area contributed by atoms with Crippen molar-refractivity contribution in [2.45, 2.75) is 11.9 Å². The van der Waals surface area contributed by atoms with E-state index in [9.17, 15) is 13.2 Å². The van der Waals surface area contributed by atoms with Gasteiger partial charge in [0.2, 0.25) is 0 Å². The van der Waals surface area contributed by atoms with Crippen molar-refractivity contribution in [1.29, 1.82) is 0 Å². The SMILES string of the molecule is FC(F)(F)c1ncc(CS)s1. The van der Waals surface area contributed by atoms with Crippen LogP contribution in [0.1, 0.15) is 9.88 Å². The summed E-state index contributed by atoms with van der Waals surface area (Å²) in [4.78, 5) is 3.73. The van der Waals surface area contributed by atoms with Crippen molar-refractivity contribution in [3.05, 3.63) is 16.1 Å². The van der Waals surface area contributed by atoms with E-state index in [2.05, 4.69) is 17.6 Å². The molecule has 0 N–H and O–H groups in total. The maximum absolute atomic E-state index is 11.9. The number of rotatable bonds is 1. The topological polar surface area (TPSA) is 12.9 Å². The van der Waals surface area contributed by atoms with E-state index in [1.807, 2.05) is 0 Å². The van der Waals surface area contributed by atoms with Crippen LogP contribution in [0.3, 0.4) is 0 Å². The molecule has 0 aromatic carbocycles. The molecule has 1 heterocycles. The Morgan fingerprint density at radius 2 is 2.18 bits per heavy atom. The lowest BCUT2D eigenvalue weighted by Crippen LogP contribution is -2.02. The Bertz CT molecular complexity index is 242. The average molecular weight is 199 g/mol. The van der Waals surface area contributed by atoms with E-state index in [1.165, 1.54) is 6.20 Å². The summed E-state index contributed by atoms with van der Waals surface area (Å²) < 4.78 is 35.6. The van der Waals surface area contributed by atoms with Crippen LogP contribution >= 0.6 is 24.0 Å². The molecule has 0 aliphatic heterocycles. The molecule has 1 rings (SSSR count). The van der Waals surface area contributed by atoms with E-state index < -0.39 is 11.2 Å². The summed E-state index contributed by atoms with van der Waals surface area (Å²) in [5.41, 5.74) is 0. The molecule has 0 bridgehead atoms. The molecule has 0 fully saturated rings. The first-order valence-electron chi connectivity index (χ1n) is 2.67. The summed E-state index contributed by atoms with van der Waals surface area (Å²) in [7, 11) is 0. The fourth-order valence-electron chi connectivity index (χ4n) is 0.512. The molecule has 6 heteroatoms. The smallest absolute Gasteiger partial charge is 0.240 e. The van der Waals surface area contributed by atoms with Gasteiger partial charge in [-0.05, 0) is 0 Å². The highest BCUT2D eigenvalue weighted by molar-refractivity contribution is 7.79. The van der Waals surface area contributed by atoms with Gasteiger partial charge in [-0.2, -0.15) is 25.8 Å². The van der Waals surface area contributed by atoms with Gasteiger partial charge in [0.1, 0.15) is 0 Å². The Morgan fingerprint density at radius 1 is 1.55 bits per heavy atom. The van der Waals surface area contributed by atoms with Crippen molar-refractivity contribution in [3.8, 4) is 0 Å². The number of hydrogen-bond acceptors (Lipinski definition) is 3. The van der Waals surface area contributed by atoms with Crippen LogP contribution in [0.15, 0.2) is 6.20 Å². The van der Waals surface area contributed by atoms with Crippen molar-refractivity contribution in [2.24, 2.45) is 0 Å².